The van der Waals surface area contributed by atoms with Gasteiger partial charge in [-0.15, -0.1) is 0 Å². The molecule has 12 nitrogen and oxygen atoms in total. The summed E-state index contributed by atoms with van der Waals surface area (Å²) in [6.07, 6.45) is 58.7. The summed E-state index contributed by atoms with van der Waals surface area (Å²) >= 11 is 0. The van der Waals surface area contributed by atoms with E-state index < -0.39 is 67.3 Å². The summed E-state index contributed by atoms with van der Waals surface area (Å²) in [4.78, 5) is 51.2. The zero-order valence-corrected chi connectivity index (χ0v) is 47.7. The van der Waals surface area contributed by atoms with Gasteiger partial charge in [-0.05, 0) is 122 Å². The van der Waals surface area contributed by atoms with Crippen LogP contribution >= 0.6 is 0 Å². The number of allylic oxidation sites excluding steroid dienone is 20. The highest BCUT2D eigenvalue weighted by atomic mass is 16.7. The van der Waals surface area contributed by atoms with Crippen LogP contribution in [0.3, 0.4) is 0 Å². The molecule has 0 amide bonds. The third-order valence-corrected chi connectivity index (χ3v) is 12.5. The number of aliphatic carboxylic acids is 1. The molecule has 0 spiro atoms. The zero-order chi connectivity index (χ0) is 56.1. The van der Waals surface area contributed by atoms with Crippen LogP contribution in [0, 0.1) is 0 Å². The highest BCUT2D eigenvalue weighted by Gasteiger charge is 2.50. The van der Waals surface area contributed by atoms with Gasteiger partial charge in [-0.1, -0.05) is 194 Å². The summed E-state index contributed by atoms with van der Waals surface area (Å²) < 4.78 is 28.4. The highest BCUT2D eigenvalue weighted by Crippen LogP contribution is 2.26. The molecule has 12 heteroatoms. The number of carboxylic acid groups (broad SMARTS) is 1. The van der Waals surface area contributed by atoms with Gasteiger partial charge < -0.3 is 39.0 Å². The molecule has 0 aromatic heterocycles. The van der Waals surface area contributed by atoms with Crippen LogP contribution in [-0.2, 0) is 42.9 Å². The van der Waals surface area contributed by atoms with Crippen molar-refractivity contribution >= 4 is 23.9 Å². The molecular weight excluding hydrogens is 973 g/mol. The van der Waals surface area contributed by atoms with Gasteiger partial charge in [0.25, 0.3) is 0 Å². The minimum absolute atomic E-state index is 0.0220. The second-order valence-corrected chi connectivity index (χ2v) is 19.5. The lowest BCUT2D eigenvalue weighted by atomic mass is 9.98. The van der Waals surface area contributed by atoms with Crippen molar-refractivity contribution < 1.29 is 58.2 Å². The van der Waals surface area contributed by atoms with Gasteiger partial charge in [-0.3, -0.25) is 14.4 Å². The van der Waals surface area contributed by atoms with Crippen molar-refractivity contribution in [3.63, 3.8) is 0 Å². The molecule has 1 fully saturated rings. The van der Waals surface area contributed by atoms with E-state index in [0.29, 0.717) is 19.3 Å². The number of aliphatic hydroxyl groups excluding tert-OH is 2. The first kappa shape index (κ1) is 70.1. The van der Waals surface area contributed by atoms with E-state index in [-0.39, 0.29) is 25.9 Å². The first-order valence-electron chi connectivity index (χ1n) is 29.5. The lowest BCUT2D eigenvalue weighted by Crippen LogP contribution is -2.61. The zero-order valence-electron chi connectivity index (χ0n) is 47.7. The van der Waals surface area contributed by atoms with Crippen LogP contribution in [0.15, 0.2) is 122 Å². The number of esters is 3. The van der Waals surface area contributed by atoms with E-state index in [9.17, 15) is 34.5 Å². The Balaban J connectivity index is 2.74. The van der Waals surface area contributed by atoms with E-state index in [0.717, 1.165) is 154 Å². The largest absolute Gasteiger partial charge is 0.479 e. The van der Waals surface area contributed by atoms with Gasteiger partial charge in [-0.25, -0.2) is 4.79 Å². The van der Waals surface area contributed by atoms with Gasteiger partial charge >= 0.3 is 23.9 Å². The molecule has 3 N–H and O–H groups in total. The average molecular weight is 1080 g/mol. The van der Waals surface area contributed by atoms with Crippen molar-refractivity contribution in [2.24, 2.45) is 0 Å². The Morgan fingerprint density at radius 2 is 0.779 bits per heavy atom. The molecule has 1 aliphatic heterocycles. The Morgan fingerprint density at radius 1 is 0.429 bits per heavy atom. The maximum atomic E-state index is 13.1. The molecule has 1 heterocycles. The number of aliphatic hydroxyl groups is 2. The molecule has 77 heavy (non-hydrogen) atoms. The summed E-state index contributed by atoms with van der Waals surface area (Å²) in [7, 11) is 0. The van der Waals surface area contributed by atoms with Crippen LogP contribution < -0.4 is 0 Å². The van der Waals surface area contributed by atoms with Crippen LogP contribution in [0.25, 0.3) is 0 Å². The molecule has 0 aromatic rings. The van der Waals surface area contributed by atoms with Crippen molar-refractivity contribution in [1.29, 1.82) is 0 Å². The van der Waals surface area contributed by atoms with E-state index in [1.807, 2.05) is 0 Å². The first-order valence-corrected chi connectivity index (χ1v) is 29.5. The molecule has 0 bridgehead atoms. The number of ether oxygens (including phenoxy) is 5. The molecule has 0 aliphatic carbocycles. The van der Waals surface area contributed by atoms with Crippen molar-refractivity contribution in [1.82, 2.24) is 0 Å². The molecule has 434 valence electrons. The van der Waals surface area contributed by atoms with E-state index >= 15 is 0 Å². The number of carbonyl (C=O) groups is 4. The number of hydrogen-bond donors (Lipinski definition) is 3. The van der Waals surface area contributed by atoms with Crippen LogP contribution in [0.5, 0.6) is 0 Å². The van der Waals surface area contributed by atoms with Crippen LogP contribution in [-0.4, -0.2) is 89.2 Å². The van der Waals surface area contributed by atoms with Gasteiger partial charge in [0, 0.05) is 19.3 Å². The van der Waals surface area contributed by atoms with Crippen molar-refractivity contribution in [3.05, 3.63) is 122 Å². The minimum Gasteiger partial charge on any atom is -0.479 e. The average Bonchev–Trinajstić information content (AvgIpc) is 3.43. The van der Waals surface area contributed by atoms with E-state index in [2.05, 4.69) is 142 Å². The fourth-order valence-electron chi connectivity index (χ4n) is 8.09. The van der Waals surface area contributed by atoms with E-state index in [4.69, 9.17) is 23.7 Å². The molecular formula is C65H102O12. The molecule has 1 saturated heterocycles. The molecule has 1 aliphatic rings. The predicted molar refractivity (Wildman–Crippen MR) is 312 cm³/mol. The normalized spacial score (nSPS) is 18.9. The molecule has 1 rings (SSSR count). The Kier molecular flexibility index (Phi) is 47.2. The Bertz CT molecular complexity index is 1800. The lowest BCUT2D eigenvalue weighted by Gasteiger charge is -2.40. The van der Waals surface area contributed by atoms with Crippen molar-refractivity contribution in [2.75, 3.05) is 13.2 Å². The standard InChI is InChI=1S/C65H102O12/c1-4-7-10-13-16-19-22-25-28-29-32-35-38-41-44-47-50-53-59(68)76-63-61(70)60(69)62(64(71)72)77-65(63)74-55-56(75-58(67)52-49-46-43-40-37-34-31-27-24-21-18-15-12-9-6-3)54-73-57(66)51-48-45-42-39-36-33-30-26-23-20-17-14-11-8-5-2/h7-12,16-21,25-28,30-32,35,56,60-63,65,69-70H,4-6,13-15,22-24,29,33-34,36-55H2,1-3H3,(H,71,72)/b10-7-,11-8-,12-9-,19-16-,20-17-,21-18-,28-25-,30-26-,31-27-,35-32-. The second kappa shape index (κ2) is 51.9. The Morgan fingerprint density at radius 3 is 1.18 bits per heavy atom. The SMILES string of the molecule is CC/C=C\C/C=C\C/C=C\C/C=C\CCCCCCC(=O)OC1C(OCC(COC(=O)CCCCCCC/C=C\C/C=C\C/C=C\CC)OC(=O)CCCCCCC/C=C\C/C=C\C/C=C\CC)OC(C(=O)O)C(O)C1O. The summed E-state index contributed by atoms with van der Waals surface area (Å²) in [5.41, 5.74) is 0. The molecule has 0 saturated carbocycles. The molecule has 6 unspecified atom stereocenters. The number of rotatable bonds is 48. The monoisotopic (exact) mass is 1070 g/mol. The fraction of sp³-hybridized carbons (Fsp3) is 0.631. The number of carbonyl (C=O) groups excluding carboxylic acids is 3. The summed E-state index contributed by atoms with van der Waals surface area (Å²) in [5.74, 6) is -3.21. The van der Waals surface area contributed by atoms with Gasteiger partial charge in [0.05, 0.1) is 6.61 Å². The third kappa shape index (κ3) is 41.8. The maximum absolute atomic E-state index is 13.1. The topological polar surface area (TPSA) is 175 Å². The van der Waals surface area contributed by atoms with Gasteiger partial charge in [0.15, 0.2) is 24.6 Å². The third-order valence-electron chi connectivity index (χ3n) is 12.5. The fourth-order valence-corrected chi connectivity index (χ4v) is 8.09. The lowest BCUT2D eigenvalue weighted by molar-refractivity contribution is -0.301. The van der Waals surface area contributed by atoms with Gasteiger partial charge in [0.2, 0.25) is 0 Å². The molecule has 0 aromatic carbocycles. The van der Waals surface area contributed by atoms with Gasteiger partial charge in [-0.2, -0.15) is 0 Å². The van der Waals surface area contributed by atoms with Crippen molar-refractivity contribution in [2.45, 2.75) is 250 Å². The highest BCUT2D eigenvalue weighted by molar-refractivity contribution is 5.74. The van der Waals surface area contributed by atoms with Crippen LogP contribution in [0.2, 0.25) is 0 Å². The Hall–Kier alpha value is -4.88. The van der Waals surface area contributed by atoms with E-state index in [1.165, 1.54) is 0 Å². The van der Waals surface area contributed by atoms with Gasteiger partial charge in [0.1, 0.15) is 18.8 Å². The summed E-state index contributed by atoms with van der Waals surface area (Å²) in [6.45, 7) is 5.60. The van der Waals surface area contributed by atoms with Crippen molar-refractivity contribution in [3.8, 4) is 0 Å². The second-order valence-electron chi connectivity index (χ2n) is 19.5. The van der Waals surface area contributed by atoms with Crippen LogP contribution in [0.4, 0.5) is 0 Å². The Labute approximate surface area is 465 Å². The quantitative estimate of drug-likeness (QED) is 0.0228. The molecule has 0 radical (unpaired) electrons. The maximum Gasteiger partial charge on any atom is 0.335 e. The van der Waals surface area contributed by atoms with Crippen LogP contribution in [0.1, 0.15) is 213 Å². The summed E-state index contributed by atoms with van der Waals surface area (Å²) in [5, 5.41) is 31.5. The smallest absolute Gasteiger partial charge is 0.335 e. The van der Waals surface area contributed by atoms with E-state index in [1.54, 1.807) is 0 Å². The number of hydrogen-bond acceptors (Lipinski definition) is 11. The molecule has 6 atom stereocenters. The summed E-state index contributed by atoms with van der Waals surface area (Å²) in [6, 6.07) is 0. The minimum atomic E-state index is -1.92. The number of unbranched alkanes of at least 4 members (excludes halogenated alkanes) is 14. The number of carboxylic acids is 1. The predicted octanol–water partition coefficient (Wildman–Crippen LogP) is 15.2. The first-order chi connectivity index (χ1) is 37.6.